The van der Waals surface area contributed by atoms with E-state index in [-0.39, 0.29) is 11.7 Å². The van der Waals surface area contributed by atoms with E-state index in [0.717, 1.165) is 23.6 Å². The van der Waals surface area contributed by atoms with Crippen molar-refractivity contribution in [2.75, 3.05) is 38.2 Å². The minimum atomic E-state index is -0.850. The molecule has 144 valence electrons. The smallest absolute Gasteiger partial charge is 0.263 e. The van der Waals surface area contributed by atoms with E-state index in [0.29, 0.717) is 26.2 Å². The molecule has 0 aromatic heterocycles. The Morgan fingerprint density at radius 2 is 1.70 bits per heavy atom. The summed E-state index contributed by atoms with van der Waals surface area (Å²) in [7, 11) is 1.63. The zero-order valence-corrected chi connectivity index (χ0v) is 15.3. The van der Waals surface area contributed by atoms with Crippen LogP contribution in [0, 0.1) is 11.6 Å². The molecule has 1 atom stereocenters. The second-order valence-corrected chi connectivity index (χ2v) is 6.35. The molecular weight excluding hydrogens is 354 g/mol. The first-order valence-corrected chi connectivity index (χ1v) is 8.77. The van der Waals surface area contributed by atoms with Gasteiger partial charge in [-0.1, -0.05) is 0 Å². The van der Waals surface area contributed by atoms with Crippen molar-refractivity contribution in [1.82, 2.24) is 4.90 Å². The molecule has 7 heteroatoms. The summed E-state index contributed by atoms with van der Waals surface area (Å²) in [6.07, 6.45) is -0.850. The molecule has 1 saturated heterocycles. The zero-order chi connectivity index (χ0) is 19.4. The molecule has 0 aliphatic carbocycles. The van der Waals surface area contributed by atoms with Crippen molar-refractivity contribution >= 4 is 11.6 Å². The molecule has 1 fully saturated rings. The van der Waals surface area contributed by atoms with Gasteiger partial charge in [-0.3, -0.25) is 4.79 Å². The van der Waals surface area contributed by atoms with Crippen LogP contribution in [0.5, 0.6) is 11.5 Å². The number of halogens is 2. The van der Waals surface area contributed by atoms with Gasteiger partial charge in [0, 0.05) is 37.9 Å². The summed E-state index contributed by atoms with van der Waals surface area (Å²) < 4.78 is 37.2. The van der Waals surface area contributed by atoms with Gasteiger partial charge in [-0.15, -0.1) is 0 Å². The Morgan fingerprint density at radius 1 is 1.04 bits per heavy atom. The van der Waals surface area contributed by atoms with Crippen molar-refractivity contribution in [2.24, 2.45) is 0 Å². The van der Waals surface area contributed by atoms with Gasteiger partial charge in [0.05, 0.1) is 7.11 Å². The topological polar surface area (TPSA) is 42.0 Å². The molecular formula is C20H22F2N2O3. The molecule has 0 unspecified atom stereocenters. The van der Waals surface area contributed by atoms with Gasteiger partial charge < -0.3 is 19.3 Å². The Bertz CT molecular complexity index is 790. The largest absolute Gasteiger partial charge is 0.497 e. The lowest BCUT2D eigenvalue weighted by Gasteiger charge is -2.37. The fraction of sp³-hybridized carbons (Fsp3) is 0.350. The summed E-state index contributed by atoms with van der Waals surface area (Å²) in [5.74, 6) is -1.05. The Balaban J connectivity index is 1.55. The predicted octanol–water partition coefficient (Wildman–Crippen LogP) is 3.09. The Labute approximate surface area is 157 Å². The van der Waals surface area contributed by atoms with E-state index in [9.17, 15) is 13.6 Å². The van der Waals surface area contributed by atoms with E-state index >= 15 is 0 Å². The average molecular weight is 376 g/mol. The lowest BCUT2D eigenvalue weighted by Crippen LogP contribution is -2.52. The number of rotatable bonds is 5. The fourth-order valence-corrected chi connectivity index (χ4v) is 3.05. The van der Waals surface area contributed by atoms with Crippen LogP contribution < -0.4 is 14.4 Å². The normalized spacial score (nSPS) is 15.4. The number of nitrogens with zero attached hydrogens (tertiary/aromatic N) is 2. The quantitative estimate of drug-likeness (QED) is 0.804. The maximum Gasteiger partial charge on any atom is 0.263 e. The van der Waals surface area contributed by atoms with E-state index < -0.39 is 17.7 Å². The van der Waals surface area contributed by atoms with Crippen LogP contribution in [0.4, 0.5) is 14.5 Å². The Morgan fingerprint density at radius 3 is 2.30 bits per heavy atom. The molecule has 1 aliphatic heterocycles. The second-order valence-electron chi connectivity index (χ2n) is 6.35. The van der Waals surface area contributed by atoms with Gasteiger partial charge in [0.25, 0.3) is 5.91 Å². The predicted molar refractivity (Wildman–Crippen MR) is 98.2 cm³/mol. The molecule has 2 aromatic carbocycles. The number of anilines is 1. The Hall–Kier alpha value is -2.83. The highest BCUT2D eigenvalue weighted by atomic mass is 19.1. The molecule has 1 aliphatic rings. The molecule has 3 rings (SSSR count). The summed E-state index contributed by atoms with van der Waals surface area (Å²) >= 11 is 0. The molecule has 0 bridgehead atoms. The zero-order valence-electron chi connectivity index (χ0n) is 15.3. The molecule has 0 spiro atoms. The van der Waals surface area contributed by atoms with Crippen LogP contribution in [0.3, 0.4) is 0 Å². The monoisotopic (exact) mass is 376 g/mol. The molecule has 0 radical (unpaired) electrons. The van der Waals surface area contributed by atoms with E-state index in [1.54, 1.807) is 18.9 Å². The van der Waals surface area contributed by atoms with Crippen molar-refractivity contribution in [3.63, 3.8) is 0 Å². The minimum absolute atomic E-state index is 0.130. The number of ether oxygens (including phenoxy) is 2. The SMILES string of the molecule is COc1ccc(N2CCN(C(=O)[C@@H](C)Oc3ccc(F)cc3F)CC2)cc1. The first-order valence-electron chi connectivity index (χ1n) is 8.77. The van der Waals surface area contributed by atoms with Gasteiger partial charge in [-0.2, -0.15) is 0 Å². The van der Waals surface area contributed by atoms with Gasteiger partial charge in [0.2, 0.25) is 0 Å². The maximum atomic E-state index is 13.7. The third-order valence-electron chi connectivity index (χ3n) is 4.57. The molecule has 0 saturated carbocycles. The highest BCUT2D eigenvalue weighted by Gasteiger charge is 2.26. The molecule has 5 nitrogen and oxygen atoms in total. The van der Waals surface area contributed by atoms with Crippen LogP contribution in [-0.2, 0) is 4.79 Å². The van der Waals surface area contributed by atoms with Crippen LogP contribution in [0.25, 0.3) is 0 Å². The number of hydrogen-bond acceptors (Lipinski definition) is 4. The minimum Gasteiger partial charge on any atom is -0.497 e. The fourth-order valence-electron chi connectivity index (χ4n) is 3.05. The average Bonchev–Trinajstić information content (AvgIpc) is 2.69. The van der Waals surface area contributed by atoms with E-state index in [1.165, 1.54) is 6.07 Å². The summed E-state index contributed by atoms with van der Waals surface area (Å²) in [5, 5.41) is 0. The van der Waals surface area contributed by atoms with E-state index in [4.69, 9.17) is 9.47 Å². The third-order valence-corrected chi connectivity index (χ3v) is 4.57. The van der Waals surface area contributed by atoms with Crippen LogP contribution in [-0.4, -0.2) is 50.2 Å². The summed E-state index contributed by atoms with van der Waals surface area (Å²) in [6, 6.07) is 10.8. The van der Waals surface area contributed by atoms with Gasteiger partial charge in [-0.25, -0.2) is 8.78 Å². The van der Waals surface area contributed by atoms with Crippen molar-refractivity contribution in [3.05, 3.63) is 54.1 Å². The first-order chi connectivity index (χ1) is 13.0. The highest BCUT2D eigenvalue weighted by Crippen LogP contribution is 2.22. The molecule has 1 amide bonds. The summed E-state index contributed by atoms with van der Waals surface area (Å²) in [6.45, 7) is 4.04. The second kappa shape index (κ2) is 8.24. The van der Waals surface area contributed by atoms with Crippen LogP contribution >= 0.6 is 0 Å². The van der Waals surface area contributed by atoms with Gasteiger partial charge in [-0.05, 0) is 43.3 Å². The molecule has 1 heterocycles. The van der Waals surface area contributed by atoms with Crippen molar-refractivity contribution in [2.45, 2.75) is 13.0 Å². The summed E-state index contributed by atoms with van der Waals surface area (Å²) in [4.78, 5) is 16.5. The number of methoxy groups -OCH3 is 1. The van der Waals surface area contributed by atoms with Crippen LogP contribution in [0.1, 0.15) is 6.92 Å². The lowest BCUT2D eigenvalue weighted by atomic mass is 10.2. The maximum absolute atomic E-state index is 13.7. The van der Waals surface area contributed by atoms with Gasteiger partial charge in [0.1, 0.15) is 11.6 Å². The van der Waals surface area contributed by atoms with E-state index in [2.05, 4.69) is 4.90 Å². The van der Waals surface area contributed by atoms with E-state index in [1.807, 2.05) is 24.3 Å². The molecule has 27 heavy (non-hydrogen) atoms. The number of hydrogen-bond donors (Lipinski definition) is 0. The third kappa shape index (κ3) is 4.48. The van der Waals surface area contributed by atoms with Gasteiger partial charge in [0.15, 0.2) is 17.7 Å². The van der Waals surface area contributed by atoms with Crippen LogP contribution in [0.15, 0.2) is 42.5 Å². The molecule has 0 N–H and O–H groups in total. The molecule has 2 aromatic rings. The number of benzene rings is 2. The Kier molecular flexibility index (Phi) is 5.78. The number of carbonyl (C=O) groups excluding carboxylic acids is 1. The first kappa shape index (κ1) is 18.9. The van der Waals surface area contributed by atoms with Crippen molar-refractivity contribution in [1.29, 1.82) is 0 Å². The standard InChI is InChI=1S/C20H22F2N2O3/c1-14(27-19-8-3-15(21)13-18(19)22)20(25)24-11-9-23(10-12-24)16-4-6-17(26-2)7-5-16/h3-8,13-14H,9-12H2,1-2H3/t14-/m1/s1. The number of carbonyl (C=O) groups is 1. The summed E-state index contributed by atoms with van der Waals surface area (Å²) in [5.41, 5.74) is 1.07. The highest BCUT2D eigenvalue weighted by molar-refractivity contribution is 5.81. The lowest BCUT2D eigenvalue weighted by molar-refractivity contribution is -0.138. The number of amides is 1. The van der Waals surface area contributed by atoms with Gasteiger partial charge >= 0.3 is 0 Å². The number of piperazine rings is 1. The van der Waals surface area contributed by atoms with Crippen molar-refractivity contribution < 1.29 is 23.0 Å². The van der Waals surface area contributed by atoms with Crippen molar-refractivity contribution in [3.8, 4) is 11.5 Å². The van der Waals surface area contributed by atoms with Crippen LogP contribution in [0.2, 0.25) is 0 Å².